The Kier molecular flexibility index (Phi) is 6.72. The molecule has 0 atom stereocenters. The molecule has 0 aliphatic rings. The van der Waals surface area contributed by atoms with Crippen molar-refractivity contribution in [1.29, 1.82) is 0 Å². The Labute approximate surface area is 100 Å². The van der Waals surface area contributed by atoms with Crippen molar-refractivity contribution in [2.45, 2.75) is 19.9 Å². The number of thioether (sulfide) groups is 1. The number of nitrogens with zero attached hydrogens (tertiary/aromatic N) is 1. The largest absolute Gasteiger partial charge is 0.310 e. The van der Waals surface area contributed by atoms with Crippen LogP contribution in [-0.4, -0.2) is 23.0 Å². The maximum Gasteiger partial charge on any atom is 0.0926 e. The molecule has 1 aromatic rings. The minimum atomic E-state index is 0.894. The maximum absolute atomic E-state index is 4.50. The van der Waals surface area contributed by atoms with Gasteiger partial charge in [0.15, 0.2) is 0 Å². The summed E-state index contributed by atoms with van der Waals surface area (Å²) < 4.78 is 0. The van der Waals surface area contributed by atoms with E-state index in [0.29, 0.717) is 0 Å². The summed E-state index contributed by atoms with van der Waals surface area (Å²) in [6.45, 7) is 7.76. The second kappa shape index (κ2) is 7.91. The Morgan fingerprint density at radius 3 is 3.20 bits per heavy atom. The van der Waals surface area contributed by atoms with E-state index in [9.17, 15) is 0 Å². The van der Waals surface area contributed by atoms with Crippen LogP contribution in [0.2, 0.25) is 0 Å². The molecular weight excluding hydrogens is 224 g/mol. The molecule has 1 N–H and O–H groups in total. The summed E-state index contributed by atoms with van der Waals surface area (Å²) >= 11 is 3.65. The average molecular weight is 242 g/mol. The van der Waals surface area contributed by atoms with E-state index in [0.717, 1.165) is 31.0 Å². The molecule has 1 rings (SSSR count). The highest BCUT2D eigenvalue weighted by Crippen LogP contribution is 2.09. The first kappa shape index (κ1) is 12.7. The predicted molar refractivity (Wildman–Crippen MR) is 70.7 cm³/mol. The molecule has 4 heteroatoms. The van der Waals surface area contributed by atoms with Gasteiger partial charge in [-0.2, -0.15) is 11.8 Å². The van der Waals surface area contributed by atoms with E-state index in [1.54, 1.807) is 11.3 Å². The average Bonchev–Trinajstić information content (AvgIpc) is 2.71. The summed E-state index contributed by atoms with van der Waals surface area (Å²) in [6, 6.07) is 0. The molecule has 1 heterocycles. The van der Waals surface area contributed by atoms with Crippen molar-refractivity contribution in [2.24, 2.45) is 0 Å². The predicted octanol–water partition coefficient (Wildman–Crippen LogP) is 2.71. The van der Waals surface area contributed by atoms with Crippen LogP contribution < -0.4 is 5.32 Å². The Morgan fingerprint density at radius 2 is 2.53 bits per heavy atom. The molecule has 0 aliphatic heterocycles. The van der Waals surface area contributed by atoms with Gasteiger partial charge in [0.25, 0.3) is 0 Å². The molecule has 0 amide bonds. The molecule has 0 saturated carbocycles. The van der Waals surface area contributed by atoms with Gasteiger partial charge in [-0.15, -0.1) is 17.9 Å². The molecule has 0 spiro atoms. The van der Waals surface area contributed by atoms with Crippen LogP contribution in [0.3, 0.4) is 0 Å². The van der Waals surface area contributed by atoms with Gasteiger partial charge >= 0.3 is 0 Å². The van der Waals surface area contributed by atoms with Gasteiger partial charge in [-0.3, -0.25) is 0 Å². The van der Waals surface area contributed by atoms with Gasteiger partial charge in [0.1, 0.15) is 0 Å². The topological polar surface area (TPSA) is 24.9 Å². The van der Waals surface area contributed by atoms with E-state index in [1.165, 1.54) is 10.7 Å². The SMILES string of the molecule is C=CCSCCNCc1csc(CC)n1. The number of thiazole rings is 1. The lowest BCUT2D eigenvalue weighted by Gasteiger charge is -2.01. The summed E-state index contributed by atoms with van der Waals surface area (Å²) in [4.78, 5) is 4.50. The number of rotatable bonds is 8. The Bertz CT molecular complexity index is 284. The van der Waals surface area contributed by atoms with Gasteiger partial charge in [0, 0.05) is 30.0 Å². The molecule has 0 aliphatic carbocycles. The third-order valence-electron chi connectivity index (χ3n) is 1.87. The normalized spacial score (nSPS) is 10.5. The molecular formula is C11H18N2S2. The summed E-state index contributed by atoms with van der Waals surface area (Å²) in [5, 5.41) is 6.76. The van der Waals surface area contributed by atoms with Gasteiger partial charge in [0.2, 0.25) is 0 Å². The summed E-state index contributed by atoms with van der Waals surface area (Å²) in [6.07, 6.45) is 2.98. The van der Waals surface area contributed by atoms with Gasteiger partial charge in [-0.05, 0) is 6.42 Å². The second-order valence-corrected chi connectivity index (χ2v) is 5.22. The highest BCUT2D eigenvalue weighted by molar-refractivity contribution is 7.99. The van der Waals surface area contributed by atoms with E-state index in [4.69, 9.17) is 0 Å². The zero-order valence-electron chi connectivity index (χ0n) is 9.16. The number of hydrogen-bond donors (Lipinski definition) is 1. The lowest BCUT2D eigenvalue weighted by atomic mass is 10.4. The molecule has 2 nitrogen and oxygen atoms in total. The molecule has 0 unspecified atom stereocenters. The lowest BCUT2D eigenvalue weighted by Crippen LogP contribution is -2.16. The van der Waals surface area contributed by atoms with Crippen molar-refractivity contribution < 1.29 is 0 Å². The van der Waals surface area contributed by atoms with E-state index in [2.05, 4.69) is 29.2 Å². The van der Waals surface area contributed by atoms with Crippen LogP contribution in [0.5, 0.6) is 0 Å². The smallest absolute Gasteiger partial charge is 0.0926 e. The number of aromatic nitrogens is 1. The van der Waals surface area contributed by atoms with Crippen LogP contribution in [0.1, 0.15) is 17.6 Å². The Morgan fingerprint density at radius 1 is 1.67 bits per heavy atom. The quantitative estimate of drug-likeness (QED) is 0.560. The van der Waals surface area contributed by atoms with E-state index < -0.39 is 0 Å². The van der Waals surface area contributed by atoms with Crippen molar-refractivity contribution in [3.05, 3.63) is 28.7 Å². The fourth-order valence-corrected chi connectivity index (χ4v) is 2.49. The van der Waals surface area contributed by atoms with Crippen molar-refractivity contribution >= 4 is 23.1 Å². The molecule has 0 aromatic carbocycles. The fourth-order valence-electron chi connectivity index (χ4n) is 1.12. The number of hydrogen-bond acceptors (Lipinski definition) is 4. The summed E-state index contributed by atoms with van der Waals surface area (Å²) in [7, 11) is 0. The highest BCUT2D eigenvalue weighted by Gasteiger charge is 1.98. The summed E-state index contributed by atoms with van der Waals surface area (Å²) in [5.41, 5.74) is 1.17. The van der Waals surface area contributed by atoms with Crippen LogP contribution >= 0.6 is 23.1 Å². The minimum absolute atomic E-state index is 0.894. The molecule has 0 radical (unpaired) electrons. The molecule has 0 fully saturated rings. The molecule has 0 saturated heterocycles. The highest BCUT2D eigenvalue weighted by atomic mass is 32.2. The van der Waals surface area contributed by atoms with Gasteiger partial charge in [-0.25, -0.2) is 4.98 Å². The van der Waals surface area contributed by atoms with Crippen molar-refractivity contribution in [2.75, 3.05) is 18.1 Å². The minimum Gasteiger partial charge on any atom is -0.310 e. The van der Waals surface area contributed by atoms with E-state index in [1.807, 2.05) is 17.8 Å². The Balaban J connectivity index is 2.06. The monoisotopic (exact) mass is 242 g/mol. The fraction of sp³-hybridized carbons (Fsp3) is 0.545. The van der Waals surface area contributed by atoms with Gasteiger partial charge in [-0.1, -0.05) is 13.0 Å². The molecule has 1 aromatic heterocycles. The van der Waals surface area contributed by atoms with Gasteiger partial charge in [0.05, 0.1) is 10.7 Å². The van der Waals surface area contributed by atoms with Crippen molar-refractivity contribution in [1.82, 2.24) is 10.3 Å². The number of nitrogens with one attached hydrogen (secondary N) is 1. The van der Waals surface area contributed by atoms with Crippen LogP contribution in [0.25, 0.3) is 0 Å². The first-order chi connectivity index (χ1) is 7.36. The Hall–Kier alpha value is -0.320. The molecule has 0 bridgehead atoms. The van der Waals surface area contributed by atoms with Crippen molar-refractivity contribution in [3.8, 4) is 0 Å². The summed E-state index contributed by atoms with van der Waals surface area (Å²) in [5.74, 6) is 2.18. The van der Waals surface area contributed by atoms with E-state index >= 15 is 0 Å². The maximum atomic E-state index is 4.50. The first-order valence-electron chi connectivity index (χ1n) is 5.19. The lowest BCUT2D eigenvalue weighted by molar-refractivity contribution is 0.717. The molecule has 84 valence electrons. The van der Waals surface area contributed by atoms with Gasteiger partial charge < -0.3 is 5.32 Å². The first-order valence-corrected chi connectivity index (χ1v) is 7.23. The number of aryl methyl sites for hydroxylation is 1. The standard InChI is InChI=1S/C11H18N2S2/c1-3-6-14-7-5-12-8-10-9-15-11(4-2)13-10/h3,9,12H,1,4-8H2,2H3. The zero-order valence-corrected chi connectivity index (χ0v) is 10.8. The third-order valence-corrected chi connectivity index (χ3v) is 3.87. The van der Waals surface area contributed by atoms with E-state index in [-0.39, 0.29) is 0 Å². The van der Waals surface area contributed by atoms with Crippen LogP contribution in [-0.2, 0) is 13.0 Å². The van der Waals surface area contributed by atoms with Crippen LogP contribution in [0, 0.1) is 0 Å². The third kappa shape index (κ3) is 5.35. The van der Waals surface area contributed by atoms with Crippen LogP contribution in [0.15, 0.2) is 18.0 Å². The second-order valence-electron chi connectivity index (χ2n) is 3.13. The molecule has 15 heavy (non-hydrogen) atoms. The zero-order chi connectivity index (χ0) is 10.9. The van der Waals surface area contributed by atoms with Crippen molar-refractivity contribution in [3.63, 3.8) is 0 Å². The van der Waals surface area contributed by atoms with Crippen LogP contribution in [0.4, 0.5) is 0 Å².